The summed E-state index contributed by atoms with van der Waals surface area (Å²) in [7, 11) is 0. The maximum absolute atomic E-state index is 12.2. The van der Waals surface area contributed by atoms with Crippen LogP contribution in [0.2, 0.25) is 0 Å². The minimum Gasteiger partial charge on any atom is -0.478 e. The van der Waals surface area contributed by atoms with Crippen molar-refractivity contribution < 1.29 is 19.4 Å². The van der Waals surface area contributed by atoms with Gasteiger partial charge in [-0.05, 0) is 30.7 Å². The van der Waals surface area contributed by atoms with Gasteiger partial charge >= 0.3 is 5.97 Å². The molecule has 1 unspecified atom stereocenters. The number of carbonyl (C=O) groups is 2. The number of ether oxygens (including phenoxy) is 1. The second kappa shape index (κ2) is 7.17. The van der Waals surface area contributed by atoms with E-state index in [1.54, 1.807) is 24.3 Å². The number of hydrogen-bond donors (Lipinski definition) is 2. The summed E-state index contributed by atoms with van der Waals surface area (Å²) in [6.07, 6.45) is 2.63. The van der Waals surface area contributed by atoms with Crippen molar-refractivity contribution in [2.75, 3.05) is 18.2 Å². The zero-order valence-corrected chi connectivity index (χ0v) is 14.3. The molecule has 2 heterocycles. The molecule has 2 aliphatic heterocycles. The molecule has 0 bridgehead atoms. The Hall–Kier alpha value is -2.15. The normalized spacial score (nSPS) is 19.2. The Balaban J connectivity index is 1.65. The first-order valence-corrected chi connectivity index (χ1v) is 8.89. The molecular formula is C17H20N2O4S. The Labute approximate surface area is 144 Å². The van der Waals surface area contributed by atoms with Gasteiger partial charge in [0.1, 0.15) is 10.8 Å². The summed E-state index contributed by atoms with van der Waals surface area (Å²) >= 11 is 1.51. The van der Waals surface area contributed by atoms with Gasteiger partial charge in [-0.3, -0.25) is 9.69 Å². The van der Waals surface area contributed by atoms with E-state index < -0.39 is 5.97 Å². The molecule has 6 nitrogen and oxygen atoms in total. The Bertz CT molecular complexity index is 672. The standard InChI is InChI=1S/C17H20N2O4S/c1-2-3-8-18-15(20)14-9-13-16(24-14)19(10-23-13)12-6-4-11(5-7-12)17(21)22/h4-7,14H,2-3,8-10H2,1H3,(H,18,20)(H,21,22). The number of benzene rings is 1. The zero-order valence-electron chi connectivity index (χ0n) is 13.4. The highest BCUT2D eigenvalue weighted by atomic mass is 32.2. The van der Waals surface area contributed by atoms with Gasteiger partial charge in [-0.15, -0.1) is 0 Å². The van der Waals surface area contributed by atoms with Crippen molar-refractivity contribution in [3.05, 3.63) is 40.6 Å². The van der Waals surface area contributed by atoms with Crippen LogP contribution in [-0.4, -0.2) is 35.5 Å². The number of rotatable bonds is 6. The molecule has 1 aromatic carbocycles. The Morgan fingerprint density at radius 3 is 2.79 bits per heavy atom. The summed E-state index contributed by atoms with van der Waals surface area (Å²) in [5, 5.41) is 12.7. The number of anilines is 1. The topological polar surface area (TPSA) is 78.9 Å². The average Bonchev–Trinajstić information content (AvgIpc) is 3.15. The van der Waals surface area contributed by atoms with Crippen LogP contribution in [0.25, 0.3) is 0 Å². The maximum Gasteiger partial charge on any atom is 0.335 e. The molecule has 7 heteroatoms. The second-order valence-electron chi connectivity index (χ2n) is 5.74. The van der Waals surface area contributed by atoms with Crippen molar-refractivity contribution in [3.63, 3.8) is 0 Å². The maximum atomic E-state index is 12.2. The van der Waals surface area contributed by atoms with Crippen LogP contribution in [0.5, 0.6) is 0 Å². The predicted molar refractivity (Wildman–Crippen MR) is 92.8 cm³/mol. The first kappa shape index (κ1) is 16.7. The number of hydrogen-bond acceptors (Lipinski definition) is 5. The SMILES string of the molecule is CCCCNC(=O)C1CC2=C(S1)N(c1ccc(C(=O)O)cc1)CO2. The molecule has 1 atom stereocenters. The number of carbonyl (C=O) groups excluding carboxylic acids is 1. The van der Waals surface area contributed by atoms with Gasteiger partial charge in [-0.2, -0.15) is 0 Å². The fourth-order valence-corrected chi connectivity index (χ4v) is 3.91. The van der Waals surface area contributed by atoms with Crippen molar-refractivity contribution in [2.24, 2.45) is 0 Å². The molecule has 2 aliphatic rings. The molecule has 1 aromatic rings. The average molecular weight is 348 g/mol. The van der Waals surface area contributed by atoms with Crippen LogP contribution in [0, 0.1) is 0 Å². The number of allylic oxidation sites excluding steroid dienone is 1. The van der Waals surface area contributed by atoms with E-state index in [0.717, 1.165) is 29.3 Å². The number of carboxylic acid groups (broad SMARTS) is 1. The molecule has 0 fully saturated rings. The highest BCUT2D eigenvalue weighted by Gasteiger charge is 2.38. The lowest BCUT2D eigenvalue weighted by atomic mass is 10.2. The van der Waals surface area contributed by atoms with E-state index in [1.165, 1.54) is 11.8 Å². The summed E-state index contributed by atoms with van der Waals surface area (Å²) in [5.41, 5.74) is 1.12. The summed E-state index contributed by atoms with van der Waals surface area (Å²) in [6.45, 7) is 3.19. The molecule has 1 amide bonds. The largest absolute Gasteiger partial charge is 0.478 e. The van der Waals surface area contributed by atoms with Crippen LogP contribution in [0.3, 0.4) is 0 Å². The molecule has 3 rings (SSSR count). The van der Waals surface area contributed by atoms with Crippen molar-refractivity contribution in [3.8, 4) is 0 Å². The molecule has 24 heavy (non-hydrogen) atoms. The Kier molecular flexibility index (Phi) is 4.99. The van der Waals surface area contributed by atoms with Gasteiger partial charge in [-0.1, -0.05) is 25.1 Å². The van der Waals surface area contributed by atoms with Crippen LogP contribution in [0.1, 0.15) is 36.5 Å². The fraction of sp³-hybridized carbons (Fsp3) is 0.412. The van der Waals surface area contributed by atoms with Crippen LogP contribution < -0.4 is 10.2 Å². The molecule has 2 N–H and O–H groups in total. The number of nitrogens with one attached hydrogen (secondary N) is 1. The van der Waals surface area contributed by atoms with Gasteiger partial charge in [0.25, 0.3) is 0 Å². The highest BCUT2D eigenvalue weighted by molar-refractivity contribution is 8.04. The zero-order chi connectivity index (χ0) is 17.1. The third kappa shape index (κ3) is 3.36. The lowest BCUT2D eigenvalue weighted by Gasteiger charge is -2.21. The number of unbranched alkanes of at least 4 members (excludes halogenated alkanes) is 1. The van der Waals surface area contributed by atoms with E-state index in [1.807, 2.05) is 4.90 Å². The van der Waals surface area contributed by atoms with Crippen molar-refractivity contribution >= 4 is 29.3 Å². The highest BCUT2D eigenvalue weighted by Crippen LogP contribution is 2.45. The third-order valence-electron chi connectivity index (χ3n) is 4.02. The molecule has 0 saturated carbocycles. The number of carboxylic acids is 1. The molecule has 0 aromatic heterocycles. The van der Waals surface area contributed by atoms with E-state index in [0.29, 0.717) is 19.7 Å². The van der Waals surface area contributed by atoms with Gasteiger partial charge < -0.3 is 15.2 Å². The minimum atomic E-state index is -0.946. The summed E-state index contributed by atoms with van der Waals surface area (Å²) in [4.78, 5) is 25.1. The predicted octanol–water partition coefficient (Wildman–Crippen LogP) is 2.77. The van der Waals surface area contributed by atoms with Gasteiger partial charge in [0.2, 0.25) is 5.91 Å². The summed E-state index contributed by atoms with van der Waals surface area (Å²) < 4.78 is 5.72. The molecule has 128 valence electrons. The fourth-order valence-electron chi connectivity index (χ4n) is 2.66. The number of aromatic carboxylic acids is 1. The van der Waals surface area contributed by atoms with Crippen molar-refractivity contribution in [2.45, 2.75) is 31.4 Å². The lowest BCUT2D eigenvalue weighted by molar-refractivity contribution is -0.120. The molecule has 0 radical (unpaired) electrons. The van der Waals surface area contributed by atoms with E-state index in [2.05, 4.69) is 12.2 Å². The van der Waals surface area contributed by atoms with E-state index >= 15 is 0 Å². The number of amides is 1. The smallest absolute Gasteiger partial charge is 0.335 e. The van der Waals surface area contributed by atoms with Crippen LogP contribution in [0.15, 0.2) is 35.1 Å². The quantitative estimate of drug-likeness (QED) is 0.770. The summed E-state index contributed by atoms with van der Waals surface area (Å²) in [6, 6.07) is 6.67. The Morgan fingerprint density at radius 1 is 1.38 bits per heavy atom. The van der Waals surface area contributed by atoms with Crippen LogP contribution >= 0.6 is 11.8 Å². The first-order valence-electron chi connectivity index (χ1n) is 8.01. The van der Waals surface area contributed by atoms with Crippen LogP contribution in [0.4, 0.5) is 5.69 Å². The van der Waals surface area contributed by atoms with E-state index in [4.69, 9.17) is 9.84 Å². The molecule has 0 aliphatic carbocycles. The van der Waals surface area contributed by atoms with Gasteiger partial charge in [0.15, 0.2) is 6.73 Å². The Morgan fingerprint density at radius 2 is 2.12 bits per heavy atom. The number of thioether (sulfide) groups is 1. The van der Waals surface area contributed by atoms with Gasteiger partial charge in [0, 0.05) is 18.7 Å². The number of nitrogens with zero attached hydrogens (tertiary/aromatic N) is 1. The van der Waals surface area contributed by atoms with Gasteiger partial charge in [-0.25, -0.2) is 4.79 Å². The minimum absolute atomic E-state index is 0.0487. The second-order valence-corrected chi connectivity index (χ2v) is 6.93. The van der Waals surface area contributed by atoms with Crippen molar-refractivity contribution in [1.29, 1.82) is 0 Å². The van der Waals surface area contributed by atoms with E-state index in [-0.39, 0.29) is 16.7 Å². The molecule has 0 saturated heterocycles. The first-order chi connectivity index (χ1) is 11.6. The molecule has 0 spiro atoms. The van der Waals surface area contributed by atoms with E-state index in [9.17, 15) is 9.59 Å². The summed E-state index contributed by atoms with van der Waals surface area (Å²) in [5.74, 6) is -0.0521. The third-order valence-corrected chi connectivity index (χ3v) is 5.36. The molecular weight excluding hydrogens is 328 g/mol. The van der Waals surface area contributed by atoms with Crippen molar-refractivity contribution in [1.82, 2.24) is 5.32 Å². The lowest BCUT2D eigenvalue weighted by Crippen LogP contribution is -2.33. The van der Waals surface area contributed by atoms with Crippen LogP contribution in [-0.2, 0) is 9.53 Å². The van der Waals surface area contributed by atoms with Gasteiger partial charge in [0.05, 0.1) is 10.8 Å². The monoisotopic (exact) mass is 348 g/mol.